The highest BCUT2D eigenvalue weighted by molar-refractivity contribution is 5.60. The molecule has 0 unspecified atom stereocenters. The predicted octanol–water partition coefficient (Wildman–Crippen LogP) is 2.46. The maximum atomic E-state index is 10.00. The largest absolute Gasteiger partial charge is 0.399 e. The first-order valence-corrected chi connectivity index (χ1v) is 7.52. The molecule has 0 bridgehead atoms. The van der Waals surface area contributed by atoms with Crippen LogP contribution < -0.4 is 5.73 Å². The van der Waals surface area contributed by atoms with E-state index in [0.717, 1.165) is 24.8 Å². The van der Waals surface area contributed by atoms with Gasteiger partial charge in [0.15, 0.2) is 0 Å². The lowest BCUT2D eigenvalue weighted by Gasteiger charge is -2.43. The predicted molar refractivity (Wildman–Crippen MR) is 82.9 cm³/mol. The Hall–Kier alpha value is -3.10. The highest BCUT2D eigenvalue weighted by Gasteiger charge is 2.54. The highest BCUT2D eigenvalue weighted by atomic mass is 14.7. The van der Waals surface area contributed by atoms with Crippen LogP contribution in [0.15, 0.2) is 47.4 Å². The van der Waals surface area contributed by atoms with Crippen molar-refractivity contribution in [1.29, 1.82) is 15.8 Å². The van der Waals surface area contributed by atoms with Crippen molar-refractivity contribution in [3.8, 4) is 18.2 Å². The lowest BCUT2D eigenvalue weighted by atomic mass is 9.56. The molecule has 112 valence electrons. The van der Waals surface area contributed by atoms with Crippen LogP contribution in [0.25, 0.3) is 0 Å². The Bertz CT molecular complexity index is 816. The molecule has 0 fully saturated rings. The third-order valence-electron chi connectivity index (χ3n) is 4.88. The van der Waals surface area contributed by atoms with Crippen molar-refractivity contribution >= 4 is 0 Å². The standard InChI is InChI=1S/C18H15N5/c19-8-15-13-5-1-2-6-14(13)16(9-20)18(11-21,17(15)22)12-4-3-7-23-10-12/h3-5,7,10,14,16H,1-2,6,22H2/t14-,16+,18-/m1/s1. The van der Waals surface area contributed by atoms with Crippen molar-refractivity contribution in [2.75, 3.05) is 0 Å². The second-order valence-electron chi connectivity index (χ2n) is 5.87. The zero-order chi connectivity index (χ0) is 16.4. The molecule has 5 heteroatoms. The minimum atomic E-state index is -1.33. The van der Waals surface area contributed by atoms with E-state index >= 15 is 0 Å². The number of rotatable bonds is 1. The Kier molecular flexibility index (Phi) is 3.61. The van der Waals surface area contributed by atoms with Crippen LogP contribution in [-0.4, -0.2) is 4.98 Å². The summed E-state index contributed by atoms with van der Waals surface area (Å²) in [7, 11) is 0. The van der Waals surface area contributed by atoms with E-state index in [1.807, 2.05) is 6.08 Å². The van der Waals surface area contributed by atoms with Gasteiger partial charge >= 0.3 is 0 Å². The number of aromatic nitrogens is 1. The van der Waals surface area contributed by atoms with Crippen LogP contribution in [0.4, 0.5) is 0 Å². The molecule has 5 nitrogen and oxygen atoms in total. The summed E-state index contributed by atoms with van der Waals surface area (Å²) < 4.78 is 0. The van der Waals surface area contributed by atoms with E-state index in [4.69, 9.17) is 5.73 Å². The number of hydrogen-bond donors (Lipinski definition) is 1. The molecule has 3 atom stereocenters. The number of pyridine rings is 1. The Morgan fingerprint density at radius 2 is 2.13 bits per heavy atom. The number of allylic oxidation sites excluding steroid dienone is 4. The highest BCUT2D eigenvalue weighted by Crippen LogP contribution is 2.52. The number of nitriles is 3. The summed E-state index contributed by atoms with van der Waals surface area (Å²) in [5, 5.41) is 29.4. The molecule has 1 aromatic rings. The van der Waals surface area contributed by atoms with Crippen LogP contribution in [0.5, 0.6) is 0 Å². The molecule has 1 aromatic heterocycles. The molecule has 0 saturated heterocycles. The quantitative estimate of drug-likeness (QED) is 0.856. The fourth-order valence-corrected chi connectivity index (χ4v) is 3.79. The minimum Gasteiger partial charge on any atom is -0.399 e. The summed E-state index contributed by atoms with van der Waals surface area (Å²) in [6, 6.07) is 10.2. The molecular formula is C18H15N5. The minimum absolute atomic E-state index is 0.143. The maximum Gasteiger partial charge on any atom is 0.140 e. The fourth-order valence-electron chi connectivity index (χ4n) is 3.79. The summed E-state index contributed by atoms with van der Waals surface area (Å²) >= 11 is 0. The molecule has 0 radical (unpaired) electrons. The van der Waals surface area contributed by atoms with Crippen molar-refractivity contribution in [3.05, 3.63) is 53.0 Å². The van der Waals surface area contributed by atoms with Crippen molar-refractivity contribution in [1.82, 2.24) is 4.98 Å². The number of hydrogen-bond acceptors (Lipinski definition) is 5. The molecule has 2 N–H and O–H groups in total. The summed E-state index contributed by atoms with van der Waals surface area (Å²) in [5.74, 6) is -0.768. The zero-order valence-corrected chi connectivity index (χ0v) is 12.5. The van der Waals surface area contributed by atoms with E-state index in [9.17, 15) is 15.8 Å². The van der Waals surface area contributed by atoms with Crippen molar-refractivity contribution in [3.63, 3.8) is 0 Å². The smallest absolute Gasteiger partial charge is 0.140 e. The monoisotopic (exact) mass is 301 g/mol. The summed E-state index contributed by atoms with van der Waals surface area (Å²) in [5.41, 5.74) is 6.90. The van der Waals surface area contributed by atoms with Gasteiger partial charge in [0.2, 0.25) is 0 Å². The van der Waals surface area contributed by atoms with Gasteiger partial charge in [-0.25, -0.2) is 0 Å². The average Bonchev–Trinajstić information content (AvgIpc) is 2.61. The SMILES string of the molecule is N#CC1=C(N)[C@](C#N)(c2cccnc2)[C@@H](C#N)[C@@H]2CCCC=C12. The van der Waals surface area contributed by atoms with Crippen LogP contribution in [0.1, 0.15) is 24.8 Å². The molecule has 1 heterocycles. The molecule has 0 aliphatic heterocycles. The van der Waals surface area contributed by atoms with Gasteiger partial charge in [0.05, 0.1) is 29.3 Å². The Morgan fingerprint density at radius 3 is 2.74 bits per heavy atom. The molecule has 0 amide bonds. The van der Waals surface area contributed by atoms with Crippen LogP contribution in [-0.2, 0) is 5.41 Å². The molecule has 2 aliphatic carbocycles. The van der Waals surface area contributed by atoms with E-state index in [1.165, 1.54) is 0 Å². The van der Waals surface area contributed by atoms with Crippen LogP contribution in [0, 0.1) is 45.8 Å². The molecule has 0 spiro atoms. The second kappa shape index (κ2) is 5.59. The molecular weight excluding hydrogens is 286 g/mol. The van der Waals surface area contributed by atoms with Crippen molar-refractivity contribution < 1.29 is 0 Å². The van der Waals surface area contributed by atoms with Gasteiger partial charge in [0, 0.05) is 18.3 Å². The molecule has 0 aromatic carbocycles. The van der Waals surface area contributed by atoms with Crippen molar-refractivity contribution in [2.45, 2.75) is 24.7 Å². The molecule has 0 saturated carbocycles. The Labute approximate surface area is 135 Å². The van der Waals surface area contributed by atoms with Gasteiger partial charge in [-0.3, -0.25) is 4.98 Å². The maximum absolute atomic E-state index is 10.00. The van der Waals surface area contributed by atoms with E-state index < -0.39 is 11.3 Å². The van der Waals surface area contributed by atoms with E-state index in [1.54, 1.807) is 24.5 Å². The third-order valence-corrected chi connectivity index (χ3v) is 4.88. The molecule has 23 heavy (non-hydrogen) atoms. The van der Waals surface area contributed by atoms with Gasteiger partial charge in [-0.15, -0.1) is 0 Å². The van der Waals surface area contributed by atoms with Gasteiger partial charge in [-0.05, 0) is 36.5 Å². The fraction of sp³-hybridized carbons (Fsp3) is 0.333. The van der Waals surface area contributed by atoms with E-state index in [-0.39, 0.29) is 11.6 Å². The third kappa shape index (κ3) is 1.93. The number of nitrogens with two attached hydrogens (primary N) is 1. The van der Waals surface area contributed by atoms with E-state index in [0.29, 0.717) is 11.1 Å². The van der Waals surface area contributed by atoms with Gasteiger partial charge in [0.1, 0.15) is 11.5 Å². The van der Waals surface area contributed by atoms with Crippen LogP contribution in [0.3, 0.4) is 0 Å². The molecule has 2 aliphatic rings. The average molecular weight is 301 g/mol. The second-order valence-corrected chi connectivity index (χ2v) is 5.87. The first-order valence-electron chi connectivity index (χ1n) is 7.52. The number of nitrogens with zero attached hydrogens (tertiary/aromatic N) is 4. The summed E-state index contributed by atoms with van der Waals surface area (Å²) in [4.78, 5) is 4.07. The summed E-state index contributed by atoms with van der Waals surface area (Å²) in [6.45, 7) is 0. The Balaban J connectivity index is 2.36. The first kappa shape index (κ1) is 14.8. The normalized spacial score (nSPS) is 29.5. The Morgan fingerprint density at radius 1 is 1.30 bits per heavy atom. The van der Waals surface area contributed by atoms with Crippen LogP contribution in [0.2, 0.25) is 0 Å². The van der Waals surface area contributed by atoms with Crippen molar-refractivity contribution in [2.24, 2.45) is 17.6 Å². The van der Waals surface area contributed by atoms with Gasteiger partial charge in [-0.2, -0.15) is 15.8 Å². The van der Waals surface area contributed by atoms with Gasteiger partial charge in [0.25, 0.3) is 0 Å². The first-order chi connectivity index (χ1) is 11.2. The number of fused-ring (bicyclic) bond motifs is 1. The van der Waals surface area contributed by atoms with Gasteiger partial charge in [-0.1, -0.05) is 12.1 Å². The lowest BCUT2D eigenvalue weighted by molar-refractivity contribution is 0.312. The van der Waals surface area contributed by atoms with Crippen LogP contribution >= 0.6 is 0 Å². The molecule has 3 rings (SSSR count). The van der Waals surface area contributed by atoms with E-state index in [2.05, 4.69) is 23.2 Å². The summed E-state index contributed by atoms with van der Waals surface area (Å²) in [6.07, 6.45) is 7.76. The van der Waals surface area contributed by atoms with Gasteiger partial charge < -0.3 is 5.73 Å². The lowest BCUT2D eigenvalue weighted by Crippen LogP contribution is -2.47. The zero-order valence-electron chi connectivity index (χ0n) is 12.5. The topological polar surface area (TPSA) is 110 Å².